The fourth-order valence-corrected chi connectivity index (χ4v) is 1.74. The van der Waals surface area contributed by atoms with Crippen LogP contribution in [0.4, 0.5) is 0 Å². The molecule has 0 saturated heterocycles. The van der Waals surface area contributed by atoms with Crippen molar-refractivity contribution in [3.8, 4) is 0 Å². The summed E-state index contributed by atoms with van der Waals surface area (Å²) in [4.78, 5) is 23.4. The van der Waals surface area contributed by atoms with Gasteiger partial charge in [-0.25, -0.2) is 4.79 Å². The van der Waals surface area contributed by atoms with Gasteiger partial charge in [-0.3, -0.25) is 4.79 Å². The van der Waals surface area contributed by atoms with Gasteiger partial charge in [-0.15, -0.1) is 0 Å². The standard InChI is InChI=1S/C15H22N2O3/c1-4-9-16-14(18)11(2)17-10-12-7-5-6-8-13(12)15(19)20-3/h5-8,11,17H,4,9-10H2,1-3H3,(H,16,18). The van der Waals surface area contributed by atoms with Gasteiger partial charge in [-0.2, -0.15) is 0 Å². The summed E-state index contributed by atoms with van der Waals surface area (Å²) in [5.74, 6) is -0.409. The minimum Gasteiger partial charge on any atom is -0.465 e. The van der Waals surface area contributed by atoms with Crippen molar-refractivity contribution in [3.05, 3.63) is 35.4 Å². The van der Waals surface area contributed by atoms with E-state index in [1.165, 1.54) is 7.11 Å². The summed E-state index contributed by atoms with van der Waals surface area (Å²) < 4.78 is 4.74. The van der Waals surface area contributed by atoms with Crippen LogP contribution in [-0.4, -0.2) is 31.6 Å². The molecule has 0 heterocycles. The summed E-state index contributed by atoms with van der Waals surface area (Å²) in [7, 11) is 1.35. The zero-order valence-electron chi connectivity index (χ0n) is 12.2. The first-order valence-electron chi connectivity index (χ1n) is 6.77. The molecular formula is C15H22N2O3. The molecule has 0 radical (unpaired) electrons. The Morgan fingerprint density at radius 2 is 2.00 bits per heavy atom. The average Bonchev–Trinajstić information content (AvgIpc) is 2.49. The lowest BCUT2D eigenvalue weighted by Gasteiger charge is -2.15. The molecule has 1 atom stereocenters. The largest absolute Gasteiger partial charge is 0.465 e. The van der Waals surface area contributed by atoms with Crippen LogP contribution in [0.15, 0.2) is 24.3 Å². The Bertz CT molecular complexity index is 460. The zero-order valence-corrected chi connectivity index (χ0v) is 12.2. The van der Waals surface area contributed by atoms with Crippen LogP contribution < -0.4 is 10.6 Å². The molecule has 0 aliphatic heterocycles. The topological polar surface area (TPSA) is 67.4 Å². The second-order valence-electron chi connectivity index (χ2n) is 4.54. The molecule has 0 spiro atoms. The number of carbonyl (C=O) groups is 2. The van der Waals surface area contributed by atoms with Crippen LogP contribution in [0.2, 0.25) is 0 Å². The third-order valence-corrected chi connectivity index (χ3v) is 2.96. The zero-order chi connectivity index (χ0) is 15.0. The van der Waals surface area contributed by atoms with Crippen molar-refractivity contribution in [2.75, 3.05) is 13.7 Å². The lowest BCUT2D eigenvalue weighted by molar-refractivity contribution is -0.122. The van der Waals surface area contributed by atoms with Crippen molar-refractivity contribution in [2.45, 2.75) is 32.9 Å². The molecule has 0 saturated carbocycles. The Morgan fingerprint density at radius 3 is 2.65 bits per heavy atom. The van der Waals surface area contributed by atoms with Crippen LogP contribution >= 0.6 is 0 Å². The second-order valence-corrected chi connectivity index (χ2v) is 4.54. The smallest absolute Gasteiger partial charge is 0.338 e. The quantitative estimate of drug-likeness (QED) is 0.741. The molecule has 1 unspecified atom stereocenters. The third kappa shape index (κ3) is 4.66. The third-order valence-electron chi connectivity index (χ3n) is 2.96. The minimum absolute atomic E-state index is 0.0394. The molecule has 1 rings (SSSR count). The molecule has 0 aliphatic carbocycles. The average molecular weight is 278 g/mol. The van der Waals surface area contributed by atoms with Gasteiger partial charge in [-0.05, 0) is 25.0 Å². The number of methoxy groups -OCH3 is 1. The van der Waals surface area contributed by atoms with E-state index in [-0.39, 0.29) is 17.9 Å². The highest BCUT2D eigenvalue weighted by molar-refractivity contribution is 5.91. The maximum Gasteiger partial charge on any atom is 0.338 e. The lowest BCUT2D eigenvalue weighted by Crippen LogP contribution is -2.42. The Kier molecular flexibility index (Phi) is 6.73. The molecular weight excluding hydrogens is 256 g/mol. The molecule has 0 aliphatic rings. The number of nitrogens with one attached hydrogen (secondary N) is 2. The number of ether oxygens (including phenoxy) is 1. The Hall–Kier alpha value is -1.88. The summed E-state index contributed by atoms with van der Waals surface area (Å²) in [6, 6.07) is 6.88. The predicted molar refractivity (Wildman–Crippen MR) is 77.4 cm³/mol. The maximum atomic E-state index is 11.7. The van der Waals surface area contributed by atoms with Gasteiger partial charge >= 0.3 is 5.97 Å². The van der Waals surface area contributed by atoms with Crippen LogP contribution in [0.25, 0.3) is 0 Å². The molecule has 1 amide bonds. The Balaban J connectivity index is 2.61. The van der Waals surface area contributed by atoms with Crippen molar-refractivity contribution in [2.24, 2.45) is 0 Å². The maximum absolute atomic E-state index is 11.7. The number of esters is 1. The highest BCUT2D eigenvalue weighted by atomic mass is 16.5. The first-order valence-corrected chi connectivity index (χ1v) is 6.77. The SMILES string of the molecule is CCCNC(=O)C(C)NCc1ccccc1C(=O)OC. The van der Waals surface area contributed by atoms with E-state index in [2.05, 4.69) is 10.6 Å². The predicted octanol–water partition coefficient (Wildman–Crippen LogP) is 1.48. The van der Waals surface area contributed by atoms with E-state index in [1.807, 2.05) is 19.1 Å². The molecule has 0 bridgehead atoms. The molecule has 1 aromatic carbocycles. The summed E-state index contributed by atoms with van der Waals surface area (Å²) in [5, 5.41) is 5.93. The number of carbonyl (C=O) groups excluding carboxylic acids is 2. The molecule has 0 aromatic heterocycles. The van der Waals surface area contributed by atoms with Crippen molar-refractivity contribution in [1.29, 1.82) is 0 Å². The van der Waals surface area contributed by atoms with Gasteiger partial charge in [0.2, 0.25) is 5.91 Å². The van der Waals surface area contributed by atoms with Gasteiger partial charge in [0.05, 0.1) is 18.7 Å². The highest BCUT2D eigenvalue weighted by Gasteiger charge is 2.14. The number of amides is 1. The van der Waals surface area contributed by atoms with E-state index in [0.29, 0.717) is 18.7 Å². The summed E-state index contributed by atoms with van der Waals surface area (Å²) in [6.07, 6.45) is 0.906. The van der Waals surface area contributed by atoms with Crippen molar-refractivity contribution < 1.29 is 14.3 Å². The van der Waals surface area contributed by atoms with Crippen LogP contribution in [0, 0.1) is 0 Å². The number of hydrogen-bond acceptors (Lipinski definition) is 4. The molecule has 1 aromatic rings. The number of rotatable bonds is 7. The van der Waals surface area contributed by atoms with E-state index < -0.39 is 0 Å². The first-order chi connectivity index (χ1) is 9.60. The summed E-state index contributed by atoms with van der Waals surface area (Å²) >= 11 is 0. The van der Waals surface area contributed by atoms with Crippen molar-refractivity contribution in [1.82, 2.24) is 10.6 Å². The molecule has 5 heteroatoms. The van der Waals surface area contributed by atoms with Gasteiger partial charge in [0, 0.05) is 13.1 Å². The fraction of sp³-hybridized carbons (Fsp3) is 0.467. The Labute approximate surface area is 119 Å². The number of hydrogen-bond donors (Lipinski definition) is 2. The van der Waals surface area contributed by atoms with E-state index in [9.17, 15) is 9.59 Å². The van der Waals surface area contributed by atoms with Gasteiger partial charge in [-0.1, -0.05) is 25.1 Å². The molecule has 0 fully saturated rings. The minimum atomic E-state index is -0.370. The van der Waals surface area contributed by atoms with Crippen LogP contribution in [-0.2, 0) is 16.1 Å². The monoisotopic (exact) mass is 278 g/mol. The van der Waals surface area contributed by atoms with Gasteiger partial charge in [0.1, 0.15) is 0 Å². The van der Waals surface area contributed by atoms with E-state index >= 15 is 0 Å². The van der Waals surface area contributed by atoms with Crippen LogP contribution in [0.3, 0.4) is 0 Å². The van der Waals surface area contributed by atoms with Crippen LogP contribution in [0.1, 0.15) is 36.2 Å². The second kappa shape index (κ2) is 8.32. The summed E-state index contributed by atoms with van der Waals surface area (Å²) in [5.41, 5.74) is 1.33. The first kappa shape index (κ1) is 16.2. The van der Waals surface area contributed by atoms with Gasteiger partial charge < -0.3 is 15.4 Å². The van der Waals surface area contributed by atoms with Crippen molar-refractivity contribution >= 4 is 11.9 Å². The van der Waals surface area contributed by atoms with Gasteiger partial charge in [0.25, 0.3) is 0 Å². The molecule has 5 nitrogen and oxygen atoms in total. The fourth-order valence-electron chi connectivity index (χ4n) is 1.74. The molecule has 2 N–H and O–H groups in total. The Morgan fingerprint density at radius 1 is 1.30 bits per heavy atom. The van der Waals surface area contributed by atoms with E-state index in [0.717, 1.165) is 12.0 Å². The van der Waals surface area contributed by atoms with Gasteiger partial charge in [0.15, 0.2) is 0 Å². The lowest BCUT2D eigenvalue weighted by atomic mass is 10.1. The van der Waals surface area contributed by atoms with Crippen molar-refractivity contribution in [3.63, 3.8) is 0 Å². The van der Waals surface area contributed by atoms with E-state index in [1.54, 1.807) is 19.1 Å². The summed E-state index contributed by atoms with van der Waals surface area (Å²) in [6.45, 7) is 4.91. The number of benzene rings is 1. The molecule has 20 heavy (non-hydrogen) atoms. The normalized spacial score (nSPS) is 11.8. The van der Waals surface area contributed by atoms with E-state index in [4.69, 9.17) is 4.74 Å². The van der Waals surface area contributed by atoms with Crippen LogP contribution in [0.5, 0.6) is 0 Å². The molecule has 110 valence electrons. The highest BCUT2D eigenvalue weighted by Crippen LogP contribution is 2.10.